The van der Waals surface area contributed by atoms with Crippen molar-refractivity contribution in [2.24, 2.45) is 11.8 Å². The van der Waals surface area contributed by atoms with Gasteiger partial charge in [0.2, 0.25) is 0 Å². The van der Waals surface area contributed by atoms with Gasteiger partial charge in [0.15, 0.2) is 0 Å². The van der Waals surface area contributed by atoms with Crippen LogP contribution >= 0.6 is 0 Å². The minimum absolute atomic E-state index is 0.434. The fraction of sp³-hybridized carbons (Fsp3) is 1.00. The average Bonchev–Trinajstić information content (AvgIpc) is 2.60. The second-order valence-electron chi connectivity index (χ2n) is 5.49. The Kier molecular flexibility index (Phi) is 6.32. The van der Waals surface area contributed by atoms with Gasteiger partial charge in [0.05, 0.1) is 6.10 Å². The summed E-state index contributed by atoms with van der Waals surface area (Å²) in [4.78, 5) is 0. The Morgan fingerprint density at radius 3 is 2.56 bits per heavy atom. The van der Waals surface area contributed by atoms with Crippen LogP contribution in [0.4, 0.5) is 0 Å². The number of rotatable bonds is 7. The Hall–Kier alpha value is -0.120. The van der Waals surface area contributed by atoms with Crippen LogP contribution in [-0.4, -0.2) is 38.4 Å². The Morgan fingerprint density at radius 2 is 2.00 bits per heavy atom. The zero-order chi connectivity index (χ0) is 12.0. The lowest BCUT2D eigenvalue weighted by Crippen LogP contribution is -2.40. The van der Waals surface area contributed by atoms with E-state index >= 15 is 0 Å². The van der Waals surface area contributed by atoms with E-state index in [1.54, 1.807) is 0 Å². The van der Waals surface area contributed by atoms with E-state index in [1.165, 1.54) is 6.42 Å². The Balaban J connectivity index is 2.03. The van der Waals surface area contributed by atoms with E-state index in [4.69, 9.17) is 4.74 Å². The molecule has 3 heteroatoms. The maximum Gasteiger partial charge on any atom is 0.0588 e. The summed E-state index contributed by atoms with van der Waals surface area (Å²) >= 11 is 0. The molecule has 1 fully saturated rings. The van der Waals surface area contributed by atoms with E-state index in [2.05, 4.69) is 38.3 Å². The molecule has 3 nitrogen and oxygen atoms in total. The molecule has 1 rings (SSSR count). The molecule has 2 N–H and O–H groups in total. The van der Waals surface area contributed by atoms with Crippen molar-refractivity contribution in [2.75, 3.05) is 26.2 Å². The summed E-state index contributed by atoms with van der Waals surface area (Å²) in [6.07, 6.45) is 1.64. The van der Waals surface area contributed by atoms with Crippen LogP contribution in [0.3, 0.4) is 0 Å². The van der Waals surface area contributed by atoms with Crippen molar-refractivity contribution in [3.05, 3.63) is 0 Å². The minimum Gasteiger partial charge on any atom is -0.378 e. The van der Waals surface area contributed by atoms with E-state index < -0.39 is 0 Å². The van der Waals surface area contributed by atoms with Crippen molar-refractivity contribution in [2.45, 2.75) is 46.3 Å². The predicted molar refractivity (Wildman–Crippen MR) is 68.7 cm³/mol. The van der Waals surface area contributed by atoms with Gasteiger partial charge in [-0.1, -0.05) is 13.8 Å². The van der Waals surface area contributed by atoms with Gasteiger partial charge in [-0.15, -0.1) is 0 Å². The van der Waals surface area contributed by atoms with Crippen LogP contribution in [0.2, 0.25) is 0 Å². The fourth-order valence-corrected chi connectivity index (χ4v) is 2.06. The molecule has 96 valence electrons. The molecular formula is C13H28N2O. The van der Waals surface area contributed by atoms with Crippen molar-refractivity contribution in [1.82, 2.24) is 10.6 Å². The monoisotopic (exact) mass is 228 g/mol. The smallest absolute Gasteiger partial charge is 0.0588 e. The lowest BCUT2D eigenvalue weighted by molar-refractivity contribution is 0.105. The summed E-state index contributed by atoms with van der Waals surface area (Å²) in [7, 11) is 0. The predicted octanol–water partition coefficient (Wildman–Crippen LogP) is 1.64. The summed E-state index contributed by atoms with van der Waals surface area (Å²) in [6, 6.07) is 0.548. The second kappa shape index (κ2) is 7.25. The van der Waals surface area contributed by atoms with Gasteiger partial charge < -0.3 is 15.4 Å². The molecule has 3 unspecified atom stereocenters. The lowest BCUT2D eigenvalue weighted by Gasteiger charge is -2.20. The zero-order valence-electron chi connectivity index (χ0n) is 11.3. The van der Waals surface area contributed by atoms with Gasteiger partial charge in [0.1, 0.15) is 0 Å². The van der Waals surface area contributed by atoms with E-state index in [9.17, 15) is 0 Å². The molecule has 0 aromatic rings. The molecule has 0 bridgehead atoms. The molecule has 1 heterocycles. The first-order chi connectivity index (χ1) is 7.59. The highest BCUT2D eigenvalue weighted by molar-refractivity contribution is 4.76. The molecule has 1 aliphatic rings. The van der Waals surface area contributed by atoms with Gasteiger partial charge in [-0.25, -0.2) is 0 Å². The molecule has 0 saturated carbocycles. The van der Waals surface area contributed by atoms with Gasteiger partial charge in [-0.05, 0) is 38.6 Å². The molecule has 16 heavy (non-hydrogen) atoms. The van der Waals surface area contributed by atoms with Gasteiger partial charge in [-0.3, -0.25) is 0 Å². The first kappa shape index (κ1) is 13.9. The van der Waals surface area contributed by atoms with Crippen LogP contribution in [0.5, 0.6) is 0 Å². The Labute approximate surface area is 100 Å². The van der Waals surface area contributed by atoms with Crippen LogP contribution in [0.25, 0.3) is 0 Å². The van der Waals surface area contributed by atoms with E-state index in [0.29, 0.717) is 18.1 Å². The summed E-state index contributed by atoms with van der Waals surface area (Å²) < 4.78 is 5.55. The van der Waals surface area contributed by atoms with Crippen molar-refractivity contribution in [1.29, 1.82) is 0 Å². The van der Waals surface area contributed by atoms with Crippen molar-refractivity contribution in [3.63, 3.8) is 0 Å². The van der Waals surface area contributed by atoms with E-state index in [-0.39, 0.29) is 0 Å². The topological polar surface area (TPSA) is 33.3 Å². The molecule has 0 aliphatic carbocycles. The third-order valence-corrected chi connectivity index (χ3v) is 3.26. The van der Waals surface area contributed by atoms with E-state index in [1.807, 2.05) is 0 Å². The molecule has 0 spiro atoms. The highest BCUT2D eigenvalue weighted by Gasteiger charge is 2.23. The summed E-state index contributed by atoms with van der Waals surface area (Å²) in [6.45, 7) is 13.1. The third kappa shape index (κ3) is 5.28. The van der Waals surface area contributed by atoms with Crippen molar-refractivity contribution in [3.8, 4) is 0 Å². The van der Waals surface area contributed by atoms with E-state index in [0.717, 1.165) is 32.2 Å². The Bertz CT molecular complexity index is 185. The standard InChI is InChI=1S/C13H28N2O/c1-10(2)7-14-8-11(3)15-9-13-5-6-16-12(13)4/h10-15H,5-9H2,1-4H3. The van der Waals surface area contributed by atoms with Crippen molar-refractivity contribution >= 4 is 0 Å². The van der Waals surface area contributed by atoms with Gasteiger partial charge in [0.25, 0.3) is 0 Å². The van der Waals surface area contributed by atoms with Crippen molar-refractivity contribution < 1.29 is 4.74 Å². The molecule has 0 radical (unpaired) electrons. The summed E-state index contributed by atoms with van der Waals surface area (Å²) in [5.74, 6) is 1.43. The first-order valence-corrected chi connectivity index (χ1v) is 6.65. The van der Waals surface area contributed by atoms with Crippen LogP contribution in [0.15, 0.2) is 0 Å². The summed E-state index contributed by atoms with van der Waals surface area (Å²) in [5, 5.41) is 7.06. The van der Waals surface area contributed by atoms with Gasteiger partial charge in [0, 0.05) is 25.7 Å². The molecule has 0 aromatic heterocycles. The quantitative estimate of drug-likeness (QED) is 0.695. The highest BCUT2D eigenvalue weighted by Crippen LogP contribution is 2.19. The van der Waals surface area contributed by atoms with Crippen LogP contribution in [0, 0.1) is 11.8 Å². The zero-order valence-corrected chi connectivity index (χ0v) is 11.3. The first-order valence-electron chi connectivity index (χ1n) is 6.65. The normalized spacial score (nSPS) is 27.6. The fourth-order valence-electron chi connectivity index (χ4n) is 2.06. The molecule has 0 amide bonds. The molecule has 3 atom stereocenters. The van der Waals surface area contributed by atoms with Crippen LogP contribution < -0.4 is 10.6 Å². The number of hydrogen-bond donors (Lipinski definition) is 2. The SMILES string of the molecule is CC(C)CNCC(C)NCC1CCOC1C. The largest absolute Gasteiger partial charge is 0.378 e. The third-order valence-electron chi connectivity index (χ3n) is 3.26. The van der Waals surface area contributed by atoms with Gasteiger partial charge >= 0.3 is 0 Å². The molecular weight excluding hydrogens is 200 g/mol. The molecule has 0 aromatic carbocycles. The lowest BCUT2D eigenvalue weighted by atomic mass is 10.0. The van der Waals surface area contributed by atoms with Crippen LogP contribution in [-0.2, 0) is 4.74 Å². The minimum atomic E-state index is 0.434. The maximum absolute atomic E-state index is 5.55. The number of nitrogens with one attached hydrogen (secondary N) is 2. The average molecular weight is 228 g/mol. The molecule has 1 aliphatic heterocycles. The summed E-state index contributed by atoms with van der Waals surface area (Å²) in [5.41, 5.74) is 0. The van der Waals surface area contributed by atoms with Gasteiger partial charge in [-0.2, -0.15) is 0 Å². The number of hydrogen-bond acceptors (Lipinski definition) is 3. The Morgan fingerprint density at radius 1 is 1.25 bits per heavy atom. The maximum atomic E-state index is 5.55. The van der Waals surface area contributed by atoms with Crippen LogP contribution in [0.1, 0.15) is 34.1 Å². The molecule has 1 saturated heterocycles. The second-order valence-corrected chi connectivity index (χ2v) is 5.49. The number of ether oxygens (including phenoxy) is 1. The highest BCUT2D eigenvalue weighted by atomic mass is 16.5.